The van der Waals surface area contributed by atoms with Crippen LogP contribution in [0.5, 0.6) is 0 Å². The lowest BCUT2D eigenvalue weighted by Gasteiger charge is -2.34. The largest absolute Gasteiger partial charge is 0.433 e. The van der Waals surface area contributed by atoms with Crippen molar-refractivity contribution in [2.45, 2.75) is 43.5 Å². The van der Waals surface area contributed by atoms with E-state index >= 15 is 0 Å². The Hall–Kier alpha value is -2.72. The van der Waals surface area contributed by atoms with Gasteiger partial charge in [0.2, 0.25) is 10.0 Å². The number of piperidine rings is 1. The molecule has 1 saturated heterocycles. The maximum Gasteiger partial charge on any atom is 0.433 e. The van der Waals surface area contributed by atoms with Crippen LogP contribution in [0, 0.1) is 17.0 Å². The summed E-state index contributed by atoms with van der Waals surface area (Å²) in [7, 11) is -3.61. The first-order valence-electron chi connectivity index (χ1n) is 9.40. The summed E-state index contributed by atoms with van der Waals surface area (Å²) in [4.78, 5) is 22.3. The number of amides is 1. The van der Waals surface area contributed by atoms with Gasteiger partial charge >= 0.3 is 5.88 Å². The molecule has 0 spiro atoms. The van der Waals surface area contributed by atoms with E-state index in [4.69, 9.17) is 4.42 Å². The fraction of sp³-hybridized carbons (Fsp3) is 0.421. The van der Waals surface area contributed by atoms with Gasteiger partial charge in [0.15, 0.2) is 5.76 Å². The van der Waals surface area contributed by atoms with E-state index in [0.717, 1.165) is 24.5 Å². The van der Waals surface area contributed by atoms with Crippen LogP contribution in [0.15, 0.2) is 45.7 Å². The molecular weight excluding hydrogens is 398 g/mol. The van der Waals surface area contributed by atoms with Crippen LogP contribution in [-0.2, 0) is 10.0 Å². The summed E-state index contributed by atoms with van der Waals surface area (Å²) in [5.41, 5.74) is 0.986. The van der Waals surface area contributed by atoms with Gasteiger partial charge < -0.3 is 9.73 Å². The van der Waals surface area contributed by atoms with Gasteiger partial charge in [-0.1, -0.05) is 24.1 Å². The Morgan fingerprint density at radius 3 is 2.62 bits per heavy atom. The summed E-state index contributed by atoms with van der Waals surface area (Å²) in [5.74, 6) is -1.22. The molecule has 1 aliphatic rings. The van der Waals surface area contributed by atoms with Crippen molar-refractivity contribution in [1.29, 1.82) is 0 Å². The normalized spacial score (nSPS) is 17.8. The Kier molecular flexibility index (Phi) is 6.33. The Labute approximate surface area is 168 Å². The van der Waals surface area contributed by atoms with Gasteiger partial charge in [0.25, 0.3) is 5.91 Å². The highest BCUT2D eigenvalue weighted by Gasteiger charge is 2.33. The van der Waals surface area contributed by atoms with Gasteiger partial charge in [-0.15, -0.1) is 0 Å². The Morgan fingerprint density at radius 1 is 1.24 bits per heavy atom. The number of carbonyl (C=O) groups is 1. The van der Waals surface area contributed by atoms with E-state index in [1.165, 1.54) is 10.4 Å². The molecule has 1 N–H and O–H groups in total. The van der Waals surface area contributed by atoms with E-state index in [1.54, 1.807) is 24.3 Å². The van der Waals surface area contributed by atoms with Crippen molar-refractivity contribution in [3.05, 3.63) is 57.8 Å². The lowest BCUT2D eigenvalue weighted by Crippen LogP contribution is -2.45. The second-order valence-corrected chi connectivity index (χ2v) is 8.91. The molecule has 2 heterocycles. The van der Waals surface area contributed by atoms with Crippen molar-refractivity contribution < 1.29 is 22.6 Å². The number of hydrogen-bond acceptors (Lipinski definition) is 6. The number of sulfonamides is 1. The van der Waals surface area contributed by atoms with Crippen LogP contribution in [0.3, 0.4) is 0 Å². The van der Waals surface area contributed by atoms with Crippen molar-refractivity contribution >= 4 is 21.8 Å². The van der Waals surface area contributed by atoms with Crippen LogP contribution in [0.25, 0.3) is 0 Å². The number of hydrogen-bond donors (Lipinski definition) is 1. The minimum Gasteiger partial charge on any atom is -0.395 e. The van der Waals surface area contributed by atoms with Gasteiger partial charge in [-0.2, -0.15) is 4.31 Å². The number of rotatable bonds is 7. The van der Waals surface area contributed by atoms with Gasteiger partial charge in [0.1, 0.15) is 4.92 Å². The van der Waals surface area contributed by atoms with Crippen LogP contribution in [-0.4, -0.2) is 42.7 Å². The molecule has 9 nitrogen and oxygen atoms in total. The molecule has 0 aliphatic carbocycles. The van der Waals surface area contributed by atoms with Crippen LogP contribution in [0.2, 0.25) is 0 Å². The SMILES string of the molecule is Cc1ccc(S(=O)(=O)N2CCCCC2CCNC(=O)c2ccc([N+](=O)[O-])o2)cc1. The molecule has 0 radical (unpaired) electrons. The van der Waals surface area contributed by atoms with Crippen molar-refractivity contribution in [2.24, 2.45) is 0 Å². The van der Waals surface area contributed by atoms with Crippen molar-refractivity contribution in [1.82, 2.24) is 9.62 Å². The number of nitro groups is 1. The van der Waals surface area contributed by atoms with E-state index < -0.39 is 26.7 Å². The van der Waals surface area contributed by atoms with E-state index in [1.807, 2.05) is 6.92 Å². The zero-order valence-corrected chi connectivity index (χ0v) is 16.9. The summed E-state index contributed by atoms with van der Waals surface area (Å²) in [6, 6.07) is 8.91. The Balaban J connectivity index is 1.63. The number of nitrogens with zero attached hydrogens (tertiary/aromatic N) is 2. The number of benzene rings is 1. The van der Waals surface area contributed by atoms with Crippen molar-refractivity contribution in [3.63, 3.8) is 0 Å². The summed E-state index contributed by atoms with van der Waals surface area (Å²) in [6.07, 6.45) is 2.87. The van der Waals surface area contributed by atoms with Gasteiger partial charge in [-0.25, -0.2) is 8.42 Å². The number of carbonyl (C=O) groups excluding carboxylic acids is 1. The molecule has 10 heteroatoms. The highest BCUT2D eigenvalue weighted by molar-refractivity contribution is 7.89. The number of aryl methyl sites for hydroxylation is 1. The molecule has 1 aromatic heterocycles. The summed E-state index contributed by atoms with van der Waals surface area (Å²) in [5, 5.41) is 13.3. The second kappa shape index (κ2) is 8.75. The molecule has 156 valence electrons. The molecule has 29 heavy (non-hydrogen) atoms. The Morgan fingerprint density at radius 2 is 1.97 bits per heavy atom. The fourth-order valence-electron chi connectivity index (χ4n) is 3.41. The minimum absolute atomic E-state index is 0.149. The third kappa shape index (κ3) is 4.83. The maximum atomic E-state index is 13.1. The van der Waals surface area contributed by atoms with Crippen molar-refractivity contribution in [2.75, 3.05) is 13.1 Å². The van der Waals surface area contributed by atoms with Crippen LogP contribution >= 0.6 is 0 Å². The second-order valence-electron chi connectivity index (χ2n) is 7.02. The van der Waals surface area contributed by atoms with E-state index in [2.05, 4.69) is 5.32 Å². The van der Waals surface area contributed by atoms with Crippen LogP contribution in [0.4, 0.5) is 5.88 Å². The molecule has 1 amide bonds. The highest BCUT2D eigenvalue weighted by atomic mass is 32.2. The van der Waals surface area contributed by atoms with Crippen molar-refractivity contribution in [3.8, 4) is 0 Å². The monoisotopic (exact) mass is 421 g/mol. The molecule has 0 bridgehead atoms. The summed E-state index contributed by atoms with van der Waals surface area (Å²) < 4.78 is 32.5. The molecule has 1 aromatic carbocycles. The number of furan rings is 1. The topological polar surface area (TPSA) is 123 Å². The fourth-order valence-corrected chi connectivity index (χ4v) is 5.14. The third-order valence-corrected chi connectivity index (χ3v) is 6.93. The van der Waals surface area contributed by atoms with Gasteiger partial charge in [-0.3, -0.25) is 14.9 Å². The third-order valence-electron chi connectivity index (χ3n) is 4.96. The van der Waals surface area contributed by atoms with Crippen LogP contribution < -0.4 is 5.32 Å². The quantitative estimate of drug-likeness (QED) is 0.542. The van der Waals surface area contributed by atoms with Gasteiger partial charge in [0.05, 0.1) is 11.0 Å². The summed E-state index contributed by atoms with van der Waals surface area (Å²) >= 11 is 0. The lowest BCUT2D eigenvalue weighted by atomic mass is 10.0. The smallest absolute Gasteiger partial charge is 0.395 e. The van der Waals surface area contributed by atoms with E-state index in [-0.39, 0.29) is 23.2 Å². The van der Waals surface area contributed by atoms with Crippen LogP contribution in [0.1, 0.15) is 41.8 Å². The lowest BCUT2D eigenvalue weighted by molar-refractivity contribution is -0.402. The maximum absolute atomic E-state index is 13.1. The predicted molar refractivity (Wildman–Crippen MR) is 105 cm³/mol. The zero-order chi connectivity index (χ0) is 21.0. The van der Waals surface area contributed by atoms with Gasteiger partial charge in [0, 0.05) is 19.1 Å². The predicted octanol–water partition coefficient (Wildman–Crippen LogP) is 2.86. The molecule has 1 aliphatic heterocycles. The summed E-state index contributed by atoms with van der Waals surface area (Å²) in [6.45, 7) is 2.58. The standard InChI is InChI=1S/C19H23N3O6S/c1-14-5-7-16(8-6-14)29(26,27)21-13-3-2-4-15(21)11-12-20-19(23)17-9-10-18(28-17)22(24)25/h5-10,15H,2-4,11-13H2,1H3,(H,20,23). The highest BCUT2D eigenvalue weighted by Crippen LogP contribution is 2.27. The molecule has 0 saturated carbocycles. The molecule has 3 rings (SSSR count). The molecule has 1 atom stereocenters. The first-order chi connectivity index (χ1) is 13.8. The number of nitrogens with one attached hydrogen (secondary N) is 1. The first kappa shape index (κ1) is 21.0. The Bertz CT molecular complexity index is 984. The van der Waals surface area contributed by atoms with Gasteiger partial charge in [-0.05, 0) is 44.4 Å². The minimum atomic E-state index is -3.61. The average Bonchev–Trinajstić information content (AvgIpc) is 3.19. The molecule has 1 fully saturated rings. The molecular formula is C19H23N3O6S. The molecule has 2 aromatic rings. The van der Waals surface area contributed by atoms with E-state index in [9.17, 15) is 23.3 Å². The molecule has 1 unspecified atom stereocenters. The zero-order valence-electron chi connectivity index (χ0n) is 16.0. The van der Waals surface area contributed by atoms with E-state index in [0.29, 0.717) is 19.4 Å². The average molecular weight is 421 g/mol. The first-order valence-corrected chi connectivity index (χ1v) is 10.8.